The van der Waals surface area contributed by atoms with Crippen LogP contribution in [-0.4, -0.2) is 29.0 Å². The highest BCUT2D eigenvalue weighted by molar-refractivity contribution is 5.92. The van der Waals surface area contributed by atoms with Crippen LogP contribution in [0.1, 0.15) is 31.2 Å². The van der Waals surface area contributed by atoms with Gasteiger partial charge >= 0.3 is 0 Å². The summed E-state index contributed by atoms with van der Waals surface area (Å²) in [6.45, 7) is 0. The number of nitrogens with zero attached hydrogens (tertiary/aromatic N) is 2. The average molecular weight is 264 g/mol. The van der Waals surface area contributed by atoms with Crippen molar-refractivity contribution in [2.24, 2.45) is 0 Å². The fraction of sp³-hybridized carbons (Fsp3) is 0.389. The zero-order valence-electron chi connectivity index (χ0n) is 11.9. The van der Waals surface area contributed by atoms with Gasteiger partial charge in [0, 0.05) is 23.7 Å². The van der Waals surface area contributed by atoms with Crippen LogP contribution < -0.4 is 0 Å². The number of hydrogen-bond acceptors (Lipinski definition) is 2. The minimum absolute atomic E-state index is 0.629. The van der Waals surface area contributed by atoms with Crippen molar-refractivity contribution in [3.63, 3.8) is 0 Å². The molecule has 1 fully saturated rings. The summed E-state index contributed by atoms with van der Waals surface area (Å²) in [5.74, 6) is 0. The van der Waals surface area contributed by atoms with Gasteiger partial charge in [0.15, 0.2) is 0 Å². The van der Waals surface area contributed by atoms with E-state index in [2.05, 4.69) is 47.3 Å². The van der Waals surface area contributed by atoms with E-state index in [9.17, 15) is 0 Å². The lowest BCUT2D eigenvalue weighted by molar-refractivity contribution is 0.137. The predicted octanol–water partition coefficient (Wildman–Crippen LogP) is 3.87. The van der Waals surface area contributed by atoms with Crippen LogP contribution in [0, 0.1) is 0 Å². The lowest BCUT2D eigenvalue weighted by Crippen LogP contribution is -2.45. The molecule has 2 aromatic rings. The number of benzene rings is 1. The summed E-state index contributed by atoms with van der Waals surface area (Å²) >= 11 is 0. The van der Waals surface area contributed by atoms with Gasteiger partial charge in [-0.2, -0.15) is 0 Å². The normalized spacial score (nSPS) is 26.6. The zero-order valence-corrected chi connectivity index (χ0v) is 11.9. The van der Waals surface area contributed by atoms with Gasteiger partial charge in [0.2, 0.25) is 0 Å². The number of pyridine rings is 1. The highest BCUT2D eigenvalue weighted by Gasteiger charge is 2.31. The molecule has 2 heteroatoms. The van der Waals surface area contributed by atoms with Gasteiger partial charge in [-0.15, -0.1) is 0 Å². The van der Waals surface area contributed by atoms with E-state index < -0.39 is 0 Å². The zero-order chi connectivity index (χ0) is 13.5. The van der Waals surface area contributed by atoms with E-state index in [-0.39, 0.29) is 0 Å². The molecule has 2 atom stereocenters. The van der Waals surface area contributed by atoms with E-state index in [1.165, 1.54) is 42.2 Å². The molecule has 2 aliphatic heterocycles. The molecule has 2 bridgehead atoms. The Hall–Kier alpha value is -1.67. The van der Waals surface area contributed by atoms with Gasteiger partial charge in [-0.1, -0.05) is 30.7 Å². The Morgan fingerprint density at radius 2 is 2.10 bits per heavy atom. The summed E-state index contributed by atoms with van der Waals surface area (Å²) in [5.41, 5.74) is 4.02. The molecule has 1 aromatic heterocycles. The molecule has 0 aliphatic carbocycles. The second kappa shape index (κ2) is 4.71. The van der Waals surface area contributed by atoms with Gasteiger partial charge in [0.25, 0.3) is 0 Å². The molecule has 4 rings (SSSR count). The second-order valence-electron chi connectivity index (χ2n) is 6.09. The lowest BCUT2D eigenvalue weighted by atomic mass is 9.82. The van der Waals surface area contributed by atoms with Crippen molar-refractivity contribution in [2.75, 3.05) is 7.05 Å². The van der Waals surface area contributed by atoms with Crippen LogP contribution in [0.5, 0.6) is 0 Å². The molecule has 2 nitrogen and oxygen atoms in total. The van der Waals surface area contributed by atoms with E-state index in [1.807, 2.05) is 12.3 Å². The number of fused-ring (bicyclic) bond motifs is 3. The van der Waals surface area contributed by atoms with Crippen LogP contribution in [0.15, 0.2) is 42.6 Å². The minimum atomic E-state index is 0.629. The molecule has 1 saturated heterocycles. The molecule has 2 unspecified atom stereocenters. The van der Waals surface area contributed by atoms with E-state index in [1.54, 1.807) is 0 Å². The summed E-state index contributed by atoms with van der Waals surface area (Å²) < 4.78 is 0. The van der Waals surface area contributed by atoms with Gasteiger partial charge in [0.05, 0.1) is 5.52 Å². The number of likely N-dealkylation sites (N-methyl/N-ethyl adjacent to an activating group) is 1. The maximum Gasteiger partial charge on any atom is 0.0708 e. The monoisotopic (exact) mass is 264 g/mol. The Morgan fingerprint density at radius 3 is 3.00 bits per heavy atom. The molecule has 0 radical (unpaired) electrons. The number of rotatable bonds is 1. The van der Waals surface area contributed by atoms with Crippen molar-refractivity contribution < 1.29 is 0 Å². The van der Waals surface area contributed by atoms with Gasteiger partial charge < -0.3 is 0 Å². The van der Waals surface area contributed by atoms with Gasteiger partial charge in [-0.05, 0) is 49.6 Å². The molecule has 1 aromatic carbocycles. The Balaban J connectivity index is 1.84. The number of piperidine rings is 1. The molecule has 2 aliphatic rings. The van der Waals surface area contributed by atoms with Crippen LogP contribution in [-0.2, 0) is 0 Å². The Bertz CT molecular complexity index is 669. The number of hydrogen-bond donors (Lipinski definition) is 0. The van der Waals surface area contributed by atoms with Crippen LogP contribution in [0.3, 0.4) is 0 Å². The van der Waals surface area contributed by atoms with Crippen molar-refractivity contribution in [2.45, 2.75) is 37.8 Å². The third-order valence-electron chi connectivity index (χ3n) is 4.98. The maximum atomic E-state index is 4.49. The molecule has 3 heterocycles. The second-order valence-corrected chi connectivity index (χ2v) is 6.09. The summed E-state index contributed by atoms with van der Waals surface area (Å²) in [4.78, 5) is 7.05. The van der Waals surface area contributed by atoms with Crippen molar-refractivity contribution in [1.29, 1.82) is 0 Å². The first kappa shape index (κ1) is 12.1. The molecule has 0 amide bonds. The highest BCUT2D eigenvalue weighted by atomic mass is 15.2. The third-order valence-corrected chi connectivity index (χ3v) is 4.98. The molecule has 20 heavy (non-hydrogen) atoms. The Labute approximate surface area is 120 Å². The topological polar surface area (TPSA) is 16.1 Å². The smallest absolute Gasteiger partial charge is 0.0708 e. The Morgan fingerprint density at radius 1 is 1.15 bits per heavy atom. The van der Waals surface area contributed by atoms with Crippen molar-refractivity contribution >= 4 is 16.5 Å². The first-order chi connectivity index (χ1) is 9.83. The average Bonchev–Trinajstić information content (AvgIpc) is 2.46. The largest absolute Gasteiger partial charge is 0.297 e. The van der Waals surface area contributed by atoms with Gasteiger partial charge in [-0.25, -0.2) is 0 Å². The van der Waals surface area contributed by atoms with Crippen LogP contribution in [0.2, 0.25) is 0 Å². The first-order valence-corrected chi connectivity index (χ1v) is 7.60. The third kappa shape index (κ3) is 1.87. The SMILES string of the molecule is CN1C2C=C(c3cccc4ncccc34)CC1CCC2. The lowest BCUT2D eigenvalue weighted by Gasteiger charge is -2.43. The van der Waals surface area contributed by atoms with Crippen LogP contribution in [0.25, 0.3) is 16.5 Å². The number of aromatic nitrogens is 1. The van der Waals surface area contributed by atoms with E-state index in [4.69, 9.17) is 0 Å². The standard InChI is InChI=1S/C18H20N2/c1-20-14-5-2-6-15(20)12-13(11-14)16-7-3-9-18-17(16)8-4-10-19-18/h3-4,7-11,14-15H,2,5-6,12H2,1H3. The fourth-order valence-electron chi connectivity index (χ4n) is 3.82. The summed E-state index contributed by atoms with van der Waals surface area (Å²) in [6, 6.07) is 12.1. The minimum Gasteiger partial charge on any atom is -0.297 e. The molecular weight excluding hydrogens is 244 g/mol. The Kier molecular flexibility index (Phi) is 2.85. The maximum absolute atomic E-state index is 4.49. The summed E-state index contributed by atoms with van der Waals surface area (Å²) in [5, 5.41) is 1.30. The highest BCUT2D eigenvalue weighted by Crippen LogP contribution is 2.37. The fourth-order valence-corrected chi connectivity index (χ4v) is 3.82. The van der Waals surface area contributed by atoms with Crippen molar-refractivity contribution in [3.8, 4) is 0 Å². The quantitative estimate of drug-likeness (QED) is 0.777. The van der Waals surface area contributed by atoms with Gasteiger partial charge in [-0.3, -0.25) is 9.88 Å². The first-order valence-electron chi connectivity index (χ1n) is 7.60. The van der Waals surface area contributed by atoms with Gasteiger partial charge in [0.1, 0.15) is 0 Å². The molecule has 0 spiro atoms. The van der Waals surface area contributed by atoms with Crippen molar-refractivity contribution in [1.82, 2.24) is 9.88 Å². The predicted molar refractivity (Wildman–Crippen MR) is 83.5 cm³/mol. The van der Waals surface area contributed by atoms with Crippen LogP contribution >= 0.6 is 0 Å². The van der Waals surface area contributed by atoms with E-state index in [0.717, 1.165) is 11.6 Å². The van der Waals surface area contributed by atoms with Crippen LogP contribution in [0.4, 0.5) is 0 Å². The van der Waals surface area contributed by atoms with E-state index in [0.29, 0.717) is 6.04 Å². The molecule has 102 valence electrons. The van der Waals surface area contributed by atoms with Crippen molar-refractivity contribution in [3.05, 3.63) is 48.2 Å². The molecular formula is C18H20N2. The van der Waals surface area contributed by atoms with E-state index >= 15 is 0 Å². The molecule has 0 N–H and O–H groups in total. The summed E-state index contributed by atoms with van der Waals surface area (Å²) in [7, 11) is 2.28. The molecule has 0 saturated carbocycles. The summed E-state index contributed by atoms with van der Waals surface area (Å²) in [6.07, 6.45) is 9.58.